The smallest absolute Gasteiger partial charge is 0.0692 e. The first-order chi connectivity index (χ1) is 42.7. The van der Waals surface area contributed by atoms with Gasteiger partial charge in [0.15, 0.2) is 0 Å². The Labute approximate surface area is 587 Å². The molecule has 93 heavy (non-hydrogen) atoms. The fourth-order valence-corrected chi connectivity index (χ4v) is 8.17. The average molecular weight is 1300 g/mol. The summed E-state index contributed by atoms with van der Waals surface area (Å²) in [6.07, 6.45) is 11.4. The maximum Gasteiger partial charge on any atom is 0.0692 e. The third-order valence-corrected chi connectivity index (χ3v) is 19.5. The van der Waals surface area contributed by atoms with E-state index in [-0.39, 0.29) is 10.8 Å². The highest BCUT2D eigenvalue weighted by molar-refractivity contribution is 6.31. The van der Waals surface area contributed by atoms with E-state index in [1.54, 1.807) is 0 Å². The van der Waals surface area contributed by atoms with Gasteiger partial charge in [-0.05, 0) is 196 Å². The lowest BCUT2D eigenvalue weighted by Gasteiger charge is -2.29. The number of nitrogens with zero attached hydrogens (tertiary/aromatic N) is 4. The van der Waals surface area contributed by atoms with Crippen molar-refractivity contribution in [2.75, 3.05) is 0 Å². The van der Waals surface area contributed by atoms with Crippen molar-refractivity contribution in [2.45, 2.75) is 287 Å². The molecular formula is C88H155ClN4. The van der Waals surface area contributed by atoms with Gasteiger partial charge in [-0.1, -0.05) is 310 Å². The van der Waals surface area contributed by atoms with E-state index in [9.17, 15) is 0 Å². The fourth-order valence-electron chi connectivity index (χ4n) is 7.96. The number of aryl methyl sites for hydroxylation is 4. The molecule has 5 heteroatoms. The number of hydrogen-bond donors (Lipinski definition) is 0. The topological polar surface area (TPSA) is 57.4 Å². The summed E-state index contributed by atoms with van der Waals surface area (Å²) in [6, 6.07) is 38.8. The van der Waals surface area contributed by atoms with Crippen molar-refractivity contribution in [1.29, 1.82) is 10.5 Å². The first-order valence-electron chi connectivity index (χ1n) is 36.6. The average Bonchev–Trinajstić information content (AvgIpc) is 1.78. The van der Waals surface area contributed by atoms with Gasteiger partial charge < -0.3 is 9.13 Å². The van der Waals surface area contributed by atoms with E-state index in [0.717, 1.165) is 64.7 Å². The van der Waals surface area contributed by atoms with Crippen LogP contribution in [0, 0.1) is 130 Å². The second-order valence-corrected chi connectivity index (χ2v) is 32.9. The van der Waals surface area contributed by atoms with Gasteiger partial charge in [0.05, 0.1) is 23.0 Å². The van der Waals surface area contributed by atoms with Crippen LogP contribution < -0.4 is 0 Å². The molecule has 0 aliphatic rings. The third-order valence-electron chi connectivity index (χ3n) is 19.2. The van der Waals surface area contributed by atoms with Crippen LogP contribution >= 0.6 is 11.6 Å². The molecule has 5 rings (SSSR count). The molecule has 0 N–H and O–H groups in total. The molecule has 0 fully saturated rings. The maximum atomic E-state index is 8.88. The first kappa shape index (κ1) is 97.2. The first-order valence-corrected chi connectivity index (χ1v) is 36.9. The lowest BCUT2D eigenvalue weighted by molar-refractivity contribution is 0.217. The predicted octanol–water partition coefficient (Wildman–Crippen LogP) is 28.0. The highest BCUT2D eigenvalue weighted by Crippen LogP contribution is 2.34. The number of nitriles is 2. The zero-order chi connectivity index (χ0) is 73.7. The molecule has 0 bridgehead atoms. The molecular weight excluding hydrogens is 1150 g/mol. The van der Waals surface area contributed by atoms with Gasteiger partial charge in [-0.3, -0.25) is 0 Å². The Hall–Kier alpha value is -4.51. The molecule has 0 amide bonds. The lowest BCUT2D eigenvalue weighted by Crippen LogP contribution is -2.27. The number of hydrogen-bond acceptors (Lipinski definition) is 2. The van der Waals surface area contributed by atoms with Gasteiger partial charge in [-0.15, -0.1) is 0 Å². The highest BCUT2D eigenvalue weighted by Gasteiger charge is 2.31. The summed E-state index contributed by atoms with van der Waals surface area (Å²) in [5.41, 5.74) is 9.96. The van der Waals surface area contributed by atoms with Crippen LogP contribution in [0.25, 0.3) is 0 Å². The van der Waals surface area contributed by atoms with Gasteiger partial charge in [0, 0.05) is 42.9 Å². The minimum Gasteiger partial charge on any atom is -0.354 e. The van der Waals surface area contributed by atoms with E-state index < -0.39 is 0 Å². The van der Waals surface area contributed by atoms with Crippen LogP contribution in [0.1, 0.15) is 286 Å². The Bertz CT molecular complexity index is 2590. The summed E-state index contributed by atoms with van der Waals surface area (Å²) in [6.45, 7) is 76.9. The van der Waals surface area contributed by atoms with Crippen LogP contribution in [0.15, 0.2) is 109 Å². The van der Waals surface area contributed by atoms with E-state index in [2.05, 4.69) is 348 Å². The Balaban J connectivity index is -0.000000310. The zero-order valence-corrected chi connectivity index (χ0v) is 69.1. The second kappa shape index (κ2) is 52.7. The van der Waals surface area contributed by atoms with Crippen LogP contribution in [0.3, 0.4) is 0 Å². The van der Waals surface area contributed by atoms with E-state index in [1.165, 1.54) is 71.3 Å². The SMILES string of the molecule is CC(C)C(C)(C#N)C(C)C.CC(C)C(C)(C)C#N.CC(C)C(C)C.CC(C)C(C)c1cccn1C.CC(C)Cc1ccccc1Cl.CC(C)Cc1cccn1C.CCC(C)(C)C(C)C.CCC(C)C(C)C.Cc1ccc(CC(C)C)cc1.Cc1cccc(CC(C)C)c1. The molecule has 2 unspecified atom stereocenters. The van der Waals surface area contributed by atoms with Crippen molar-refractivity contribution in [3.05, 3.63) is 154 Å². The Morgan fingerprint density at radius 3 is 1.15 bits per heavy atom. The minimum absolute atomic E-state index is 0.153. The summed E-state index contributed by atoms with van der Waals surface area (Å²) < 4.78 is 4.38. The van der Waals surface area contributed by atoms with E-state index >= 15 is 0 Å². The fraction of sp³-hybridized carbons (Fsp3) is 0.682. The quantitative estimate of drug-likeness (QED) is 0.0878. The van der Waals surface area contributed by atoms with Gasteiger partial charge in [0.25, 0.3) is 0 Å². The Morgan fingerprint density at radius 2 is 0.882 bits per heavy atom. The van der Waals surface area contributed by atoms with Crippen molar-refractivity contribution in [3.8, 4) is 12.1 Å². The molecule has 2 atom stereocenters. The van der Waals surface area contributed by atoms with E-state index in [0.29, 0.717) is 35.0 Å². The van der Waals surface area contributed by atoms with Crippen molar-refractivity contribution >= 4 is 11.6 Å². The molecule has 0 aliphatic heterocycles. The number of halogens is 1. The van der Waals surface area contributed by atoms with Crippen LogP contribution in [0.4, 0.5) is 0 Å². The normalized spacial score (nSPS) is 11.8. The summed E-state index contributed by atoms with van der Waals surface area (Å²) in [5, 5.41) is 18.3. The molecule has 0 saturated heterocycles. The van der Waals surface area contributed by atoms with Crippen molar-refractivity contribution in [1.82, 2.24) is 9.13 Å². The largest absolute Gasteiger partial charge is 0.354 e. The van der Waals surface area contributed by atoms with Crippen LogP contribution in [-0.4, -0.2) is 9.13 Å². The van der Waals surface area contributed by atoms with Crippen molar-refractivity contribution < 1.29 is 0 Å². The molecule has 4 nitrogen and oxygen atoms in total. The maximum absolute atomic E-state index is 8.88. The molecule has 3 aromatic carbocycles. The molecule has 0 radical (unpaired) electrons. The lowest BCUT2D eigenvalue weighted by atomic mass is 9.72. The number of rotatable bonds is 18. The minimum atomic E-state index is -0.153. The monoisotopic (exact) mass is 1300 g/mol. The molecule has 2 aromatic heterocycles. The molecule has 0 saturated carbocycles. The second-order valence-electron chi connectivity index (χ2n) is 32.5. The third kappa shape index (κ3) is 49.6. The summed E-state index contributed by atoms with van der Waals surface area (Å²) in [4.78, 5) is 0. The summed E-state index contributed by atoms with van der Waals surface area (Å²) in [7, 11) is 4.20. The van der Waals surface area contributed by atoms with Crippen molar-refractivity contribution in [3.63, 3.8) is 0 Å². The summed E-state index contributed by atoms with van der Waals surface area (Å²) in [5.74, 6) is 9.96. The molecule has 534 valence electrons. The number of benzene rings is 3. The Morgan fingerprint density at radius 1 is 0.430 bits per heavy atom. The molecule has 2 heterocycles. The predicted molar refractivity (Wildman–Crippen MR) is 423 cm³/mol. The van der Waals surface area contributed by atoms with Gasteiger partial charge >= 0.3 is 0 Å². The molecule has 0 aliphatic carbocycles. The van der Waals surface area contributed by atoms with Crippen LogP contribution in [0.5, 0.6) is 0 Å². The van der Waals surface area contributed by atoms with Crippen LogP contribution in [-0.2, 0) is 39.8 Å². The Kier molecular flexibility index (Phi) is 55.0. The standard InChI is InChI=1S/2C11H16.C10H13Cl.C10H17N.C9H15N.C9H17N.C8H18.C7H13N.C7H16.C6H14/c1-9(2)8-11-6-4-10(3)5-7-11;1-9(2)7-11-6-4-5-10(3)8-11;1-8(2)7-9-5-3-4-6-10(9)11;1-8(2)9(3)10-6-5-7-11(10)4;1-8(2)7-9-5-4-6-10(9)3;1-7(2)9(5,6-10)8(3)4;1-6-8(4,5)7(2)3;1-6(2)7(3,4)5-8;1-5-7(4)6(2)3;1-5(2)6(3)4/h4-7,9H,8H2,1-3H3;4-6,8-9H,7H2,1-3H3;3-6,8H,7H2,1-2H3;5-9H,1-4H3;4-6,8H,7H2,1-3H3;7-8H,1-5H3;7H,6H2,1-5H3;6H,1-4H3;6-7H,5H2,1-4H3;5-6H,1-4H3. The van der Waals surface area contributed by atoms with Crippen molar-refractivity contribution in [2.24, 2.45) is 107 Å². The summed E-state index contributed by atoms with van der Waals surface area (Å²) >= 11 is 5.97. The van der Waals surface area contributed by atoms with Gasteiger partial charge in [-0.25, -0.2) is 0 Å². The van der Waals surface area contributed by atoms with E-state index in [4.69, 9.17) is 22.1 Å². The van der Waals surface area contributed by atoms with E-state index in [1.807, 2.05) is 39.0 Å². The molecule has 0 spiro atoms. The molecule has 5 aromatic rings. The zero-order valence-electron chi connectivity index (χ0n) is 68.4. The van der Waals surface area contributed by atoms with Gasteiger partial charge in [-0.2, -0.15) is 10.5 Å². The van der Waals surface area contributed by atoms with Gasteiger partial charge in [0.2, 0.25) is 0 Å². The number of aromatic nitrogens is 2. The van der Waals surface area contributed by atoms with Crippen LogP contribution in [0.2, 0.25) is 5.02 Å². The van der Waals surface area contributed by atoms with Gasteiger partial charge in [0.1, 0.15) is 0 Å². The highest BCUT2D eigenvalue weighted by atomic mass is 35.5.